The number of nitrogens with one attached hydrogen (secondary N) is 1. The first-order chi connectivity index (χ1) is 11.5. The number of piperidine rings is 1. The fourth-order valence-corrected chi connectivity index (χ4v) is 3.12. The van der Waals surface area contributed by atoms with Crippen LogP contribution in [0.2, 0.25) is 0 Å². The van der Waals surface area contributed by atoms with E-state index in [9.17, 15) is 14.4 Å². The van der Waals surface area contributed by atoms with E-state index >= 15 is 0 Å². The number of fused-ring (bicyclic) bond motifs is 1. The molecular weight excluding hydrogens is 346 g/mol. The van der Waals surface area contributed by atoms with Gasteiger partial charge in [-0.25, -0.2) is 0 Å². The maximum atomic E-state index is 12.7. The lowest BCUT2D eigenvalue weighted by atomic mass is 9.88. The smallest absolute Gasteiger partial charge is 0.265 e. The molecule has 25 heavy (non-hydrogen) atoms. The van der Waals surface area contributed by atoms with Gasteiger partial charge in [0, 0.05) is 24.6 Å². The van der Waals surface area contributed by atoms with Crippen LogP contribution in [0.3, 0.4) is 0 Å². The van der Waals surface area contributed by atoms with Crippen molar-refractivity contribution >= 4 is 35.7 Å². The molecule has 2 aliphatic rings. The molecule has 1 fully saturated rings. The number of Topliss-reactive ketones (excluding diaryl/α,β-unsaturated/α-hetero) is 1. The first-order valence-electron chi connectivity index (χ1n) is 8.13. The first kappa shape index (κ1) is 19.2. The molecule has 0 aromatic heterocycles. The van der Waals surface area contributed by atoms with Crippen molar-refractivity contribution < 1.29 is 19.1 Å². The molecule has 1 saturated heterocycles. The molecule has 0 bridgehead atoms. The van der Waals surface area contributed by atoms with Gasteiger partial charge >= 0.3 is 0 Å². The van der Waals surface area contributed by atoms with E-state index in [0.717, 1.165) is 0 Å². The molecule has 2 aliphatic heterocycles. The van der Waals surface area contributed by atoms with Crippen molar-refractivity contribution in [3.8, 4) is 5.75 Å². The molecule has 1 atom stereocenters. The number of ether oxygens (including phenoxy) is 1. The molecule has 8 heteroatoms. The standard InChI is InChI=1S/C17H21N3O4.ClH/c1-10-17(23)19-13-8-12(2-3-14(13)24-10)16(22)11-4-6-20(7-5-11)15(21)9-18;/h2-3,8,10-11H,4-7,9,18H2,1H3,(H,19,23);1H. The number of amides is 2. The molecule has 0 spiro atoms. The molecule has 2 heterocycles. The monoisotopic (exact) mass is 367 g/mol. The molecule has 2 amide bonds. The summed E-state index contributed by atoms with van der Waals surface area (Å²) in [7, 11) is 0. The summed E-state index contributed by atoms with van der Waals surface area (Å²) in [5.41, 5.74) is 6.45. The Morgan fingerprint density at radius 2 is 2.00 bits per heavy atom. The van der Waals surface area contributed by atoms with Gasteiger partial charge in [-0.1, -0.05) is 0 Å². The Kier molecular flexibility index (Phi) is 6.02. The van der Waals surface area contributed by atoms with Crippen LogP contribution in [-0.2, 0) is 9.59 Å². The van der Waals surface area contributed by atoms with Crippen molar-refractivity contribution in [3.63, 3.8) is 0 Å². The van der Waals surface area contributed by atoms with Crippen LogP contribution in [0.1, 0.15) is 30.1 Å². The molecule has 7 nitrogen and oxygen atoms in total. The van der Waals surface area contributed by atoms with Crippen LogP contribution in [0.15, 0.2) is 18.2 Å². The fourth-order valence-electron chi connectivity index (χ4n) is 3.12. The molecule has 0 saturated carbocycles. The van der Waals surface area contributed by atoms with Crippen LogP contribution >= 0.6 is 12.4 Å². The lowest BCUT2D eigenvalue weighted by Crippen LogP contribution is -2.43. The van der Waals surface area contributed by atoms with E-state index < -0.39 is 6.10 Å². The van der Waals surface area contributed by atoms with E-state index in [4.69, 9.17) is 10.5 Å². The van der Waals surface area contributed by atoms with E-state index in [2.05, 4.69) is 5.32 Å². The van der Waals surface area contributed by atoms with E-state index in [-0.39, 0.29) is 42.5 Å². The zero-order valence-electron chi connectivity index (χ0n) is 14.0. The number of rotatable bonds is 3. The van der Waals surface area contributed by atoms with Crippen molar-refractivity contribution in [1.29, 1.82) is 0 Å². The maximum absolute atomic E-state index is 12.7. The van der Waals surface area contributed by atoms with Crippen molar-refractivity contribution in [3.05, 3.63) is 23.8 Å². The van der Waals surface area contributed by atoms with Crippen LogP contribution in [0, 0.1) is 5.92 Å². The molecule has 3 N–H and O–H groups in total. The highest BCUT2D eigenvalue weighted by molar-refractivity contribution is 6.02. The lowest BCUT2D eigenvalue weighted by molar-refractivity contribution is -0.130. The number of hydrogen-bond donors (Lipinski definition) is 2. The largest absolute Gasteiger partial charge is 0.479 e. The predicted molar refractivity (Wildman–Crippen MR) is 95.1 cm³/mol. The zero-order chi connectivity index (χ0) is 17.3. The Bertz CT molecular complexity index is 686. The second-order valence-electron chi connectivity index (χ2n) is 6.18. The van der Waals surface area contributed by atoms with Gasteiger partial charge in [-0.05, 0) is 38.0 Å². The summed E-state index contributed by atoms with van der Waals surface area (Å²) in [6.07, 6.45) is 0.715. The molecule has 1 unspecified atom stereocenters. The van der Waals surface area contributed by atoms with E-state index in [1.165, 1.54) is 0 Å². The van der Waals surface area contributed by atoms with E-state index in [0.29, 0.717) is 42.9 Å². The third kappa shape index (κ3) is 3.93. The highest BCUT2D eigenvalue weighted by atomic mass is 35.5. The molecular formula is C17H22ClN3O4. The van der Waals surface area contributed by atoms with Gasteiger partial charge in [0.15, 0.2) is 11.9 Å². The second kappa shape index (κ2) is 7.84. The van der Waals surface area contributed by atoms with Gasteiger partial charge in [0.1, 0.15) is 5.75 Å². The number of nitrogens with two attached hydrogens (primary N) is 1. The molecule has 136 valence electrons. The third-order valence-corrected chi connectivity index (χ3v) is 4.59. The number of halogens is 1. The Balaban J connectivity index is 0.00000225. The zero-order valence-corrected chi connectivity index (χ0v) is 14.8. The maximum Gasteiger partial charge on any atom is 0.265 e. The van der Waals surface area contributed by atoms with Crippen molar-refractivity contribution in [1.82, 2.24) is 4.90 Å². The Morgan fingerprint density at radius 1 is 1.32 bits per heavy atom. The summed E-state index contributed by atoms with van der Waals surface area (Å²) in [4.78, 5) is 37.7. The van der Waals surface area contributed by atoms with Gasteiger partial charge in [-0.15, -0.1) is 12.4 Å². The van der Waals surface area contributed by atoms with Crippen molar-refractivity contribution in [2.45, 2.75) is 25.9 Å². The van der Waals surface area contributed by atoms with Crippen LogP contribution in [0.25, 0.3) is 0 Å². The van der Waals surface area contributed by atoms with Gasteiger partial charge in [0.2, 0.25) is 5.91 Å². The number of likely N-dealkylation sites (tertiary alicyclic amines) is 1. The summed E-state index contributed by atoms with van der Waals surface area (Å²) in [5.74, 6) is 0.181. The third-order valence-electron chi connectivity index (χ3n) is 4.59. The minimum absolute atomic E-state index is 0. The van der Waals surface area contributed by atoms with E-state index in [1.807, 2.05) is 0 Å². The SMILES string of the molecule is CC1Oc2ccc(C(=O)C3CCN(C(=O)CN)CC3)cc2NC1=O.Cl. The molecule has 0 radical (unpaired) electrons. The fraction of sp³-hybridized carbons (Fsp3) is 0.471. The summed E-state index contributed by atoms with van der Waals surface area (Å²) >= 11 is 0. The quantitative estimate of drug-likeness (QED) is 0.782. The normalized spacial score (nSPS) is 20.0. The van der Waals surface area contributed by atoms with Gasteiger partial charge in [0.25, 0.3) is 5.91 Å². The summed E-state index contributed by atoms with van der Waals surface area (Å²) in [6, 6.07) is 5.10. The summed E-state index contributed by atoms with van der Waals surface area (Å²) in [5, 5.41) is 2.75. The average Bonchev–Trinajstić information content (AvgIpc) is 2.61. The summed E-state index contributed by atoms with van der Waals surface area (Å²) < 4.78 is 5.50. The van der Waals surface area contributed by atoms with Gasteiger partial charge < -0.3 is 20.7 Å². The Labute approximate surface area is 152 Å². The number of hydrogen-bond acceptors (Lipinski definition) is 5. The lowest BCUT2D eigenvalue weighted by Gasteiger charge is -2.31. The van der Waals surface area contributed by atoms with Gasteiger partial charge in [0.05, 0.1) is 12.2 Å². The Morgan fingerprint density at radius 3 is 2.64 bits per heavy atom. The number of nitrogens with zero attached hydrogens (tertiary/aromatic N) is 1. The molecule has 3 rings (SSSR count). The van der Waals surface area contributed by atoms with Crippen LogP contribution in [-0.4, -0.2) is 48.2 Å². The molecule has 1 aromatic rings. The van der Waals surface area contributed by atoms with Crippen molar-refractivity contribution in [2.24, 2.45) is 11.7 Å². The number of anilines is 1. The molecule has 0 aliphatic carbocycles. The highest BCUT2D eigenvalue weighted by Gasteiger charge is 2.29. The number of carbonyl (C=O) groups is 3. The minimum atomic E-state index is -0.538. The second-order valence-corrected chi connectivity index (χ2v) is 6.18. The number of ketones is 1. The topological polar surface area (TPSA) is 102 Å². The van der Waals surface area contributed by atoms with Crippen LogP contribution < -0.4 is 15.8 Å². The van der Waals surface area contributed by atoms with Gasteiger partial charge in [-0.3, -0.25) is 14.4 Å². The highest BCUT2D eigenvalue weighted by Crippen LogP contribution is 2.32. The van der Waals surface area contributed by atoms with Crippen molar-refractivity contribution in [2.75, 3.05) is 25.0 Å². The first-order valence-corrected chi connectivity index (χ1v) is 8.13. The van der Waals surface area contributed by atoms with Gasteiger partial charge in [-0.2, -0.15) is 0 Å². The van der Waals surface area contributed by atoms with Crippen LogP contribution in [0.4, 0.5) is 5.69 Å². The van der Waals surface area contributed by atoms with Crippen LogP contribution in [0.5, 0.6) is 5.75 Å². The summed E-state index contributed by atoms with van der Waals surface area (Å²) in [6.45, 7) is 2.78. The predicted octanol–water partition coefficient (Wildman–Crippen LogP) is 1.21. The number of carbonyl (C=O) groups excluding carboxylic acids is 3. The average molecular weight is 368 g/mol. The Hall–Kier alpha value is -2.12. The minimum Gasteiger partial charge on any atom is -0.479 e. The van der Waals surface area contributed by atoms with E-state index in [1.54, 1.807) is 30.0 Å². The number of benzene rings is 1. The molecule has 1 aromatic carbocycles.